The van der Waals surface area contributed by atoms with Crippen LogP contribution in [0.1, 0.15) is 36.4 Å². The van der Waals surface area contributed by atoms with Gasteiger partial charge in [-0.3, -0.25) is 14.5 Å². The Labute approximate surface area is 275 Å². The number of nitrogens with zero attached hydrogens (tertiary/aromatic N) is 5. The number of ether oxygens (including phenoxy) is 1. The maximum atomic E-state index is 15.1. The smallest absolute Gasteiger partial charge is 0.419 e. The summed E-state index contributed by atoms with van der Waals surface area (Å²) in [6.45, 7) is 9.43. The van der Waals surface area contributed by atoms with Gasteiger partial charge in [0, 0.05) is 69.4 Å². The zero-order chi connectivity index (χ0) is 33.8. The molecule has 0 radical (unpaired) electrons. The molecule has 1 atom stereocenters. The third-order valence-corrected chi connectivity index (χ3v) is 8.97. The van der Waals surface area contributed by atoms with Crippen molar-refractivity contribution in [3.63, 3.8) is 0 Å². The number of hydroxylamine groups is 1. The fraction of sp³-hybridized carbons (Fsp3) is 0.424. The minimum Gasteiger partial charge on any atom is -0.494 e. The number of hydrogen-bond acceptors (Lipinski definition) is 10. The molecular weight excluding hydrogens is 632 g/mol. The summed E-state index contributed by atoms with van der Waals surface area (Å²) in [7, 11) is 1.54. The average molecular weight is 671 g/mol. The Morgan fingerprint density at radius 3 is 2.56 bits per heavy atom. The lowest BCUT2D eigenvalue weighted by atomic mass is 10.0. The topological polar surface area (TPSA) is 107 Å². The van der Waals surface area contributed by atoms with Crippen LogP contribution in [0.2, 0.25) is 0 Å². The highest BCUT2D eigenvalue weighted by Gasteiger charge is 2.38. The van der Waals surface area contributed by atoms with Crippen LogP contribution in [-0.2, 0) is 15.8 Å². The Kier molecular flexibility index (Phi) is 9.99. The number of benzene rings is 2. The van der Waals surface area contributed by atoms with Crippen molar-refractivity contribution >= 4 is 34.6 Å². The molecule has 3 fully saturated rings. The van der Waals surface area contributed by atoms with Gasteiger partial charge in [0.25, 0.3) is 0 Å². The van der Waals surface area contributed by atoms with E-state index in [-0.39, 0.29) is 30.3 Å². The molecule has 1 aromatic heterocycles. The molecule has 0 saturated carbocycles. The zero-order valence-corrected chi connectivity index (χ0v) is 26.5. The number of amides is 1. The molecule has 1 amide bonds. The molecule has 0 bridgehead atoms. The predicted molar refractivity (Wildman–Crippen MR) is 174 cm³/mol. The first kappa shape index (κ1) is 33.4. The Bertz CT molecular complexity index is 1630. The number of aromatic nitrogens is 2. The molecule has 3 N–H and O–H groups in total. The van der Waals surface area contributed by atoms with E-state index in [0.717, 1.165) is 57.8 Å². The lowest BCUT2D eigenvalue weighted by Crippen LogP contribution is -2.52. The lowest BCUT2D eigenvalue weighted by Gasteiger charge is -2.41. The fourth-order valence-electron chi connectivity index (χ4n) is 6.58. The van der Waals surface area contributed by atoms with Gasteiger partial charge in [-0.1, -0.05) is 18.7 Å². The van der Waals surface area contributed by atoms with Crippen LogP contribution in [0.25, 0.3) is 0 Å². The van der Waals surface area contributed by atoms with Gasteiger partial charge in [0.15, 0.2) is 5.82 Å². The molecule has 11 nitrogen and oxygen atoms in total. The molecule has 48 heavy (non-hydrogen) atoms. The van der Waals surface area contributed by atoms with Gasteiger partial charge in [0.1, 0.15) is 23.7 Å². The van der Waals surface area contributed by atoms with Crippen LogP contribution in [-0.4, -0.2) is 79.8 Å². The number of methoxy groups -OCH3 is 1. The van der Waals surface area contributed by atoms with Crippen molar-refractivity contribution in [3.05, 3.63) is 72.3 Å². The van der Waals surface area contributed by atoms with Crippen LogP contribution >= 0.6 is 0 Å². The molecule has 15 heteroatoms. The Morgan fingerprint density at radius 1 is 1.08 bits per heavy atom. The van der Waals surface area contributed by atoms with Crippen molar-refractivity contribution in [1.82, 2.24) is 20.2 Å². The first-order valence-electron chi connectivity index (χ1n) is 15.9. The summed E-state index contributed by atoms with van der Waals surface area (Å²) in [6.07, 6.45) is -0.137. The molecule has 0 spiro atoms. The second kappa shape index (κ2) is 14.3. The van der Waals surface area contributed by atoms with E-state index in [4.69, 9.17) is 9.57 Å². The van der Waals surface area contributed by atoms with Gasteiger partial charge in [-0.15, -0.1) is 0 Å². The second-order valence-electron chi connectivity index (χ2n) is 11.8. The highest BCUT2D eigenvalue weighted by atomic mass is 19.4. The van der Waals surface area contributed by atoms with Crippen LogP contribution in [0.3, 0.4) is 0 Å². The number of carbonyl (C=O) groups excluding carboxylic acids is 1. The minimum absolute atomic E-state index is 0.146. The Morgan fingerprint density at radius 2 is 1.85 bits per heavy atom. The number of halogens is 4. The summed E-state index contributed by atoms with van der Waals surface area (Å²) in [5, 5.41) is 10.8. The summed E-state index contributed by atoms with van der Waals surface area (Å²) in [5.41, 5.74) is 0.374. The van der Waals surface area contributed by atoms with E-state index < -0.39 is 23.6 Å². The quantitative estimate of drug-likeness (QED) is 0.206. The van der Waals surface area contributed by atoms with Gasteiger partial charge in [-0.2, -0.15) is 13.2 Å². The van der Waals surface area contributed by atoms with Gasteiger partial charge in [-0.05, 0) is 31.1 Å². The summed E-state index contributed by atoms with van der Waals surface area (Å²) in [5.74, 6) is -0.693. The summed E-state index contributed by atoms with van der Waals surface area (Å²) < 4.78 is 61.1. The van der Waals surface area contributed by atoms with Crippen molar-refractivity contribution in [2.45, 2.75) is 37.5 Å². The van der Waals surface area contributed by atoms with E-state index in [1.807, 2.05) is 6.07 Å². The molecule has 6 rings (SSSR count). The van der Waals surface area contributed by atoms with Crippen molar-refractivity contribution < 1.29 is 31.9 Å². The standard InChI is InChI=1S/C33H38F4N8O3/c1-3-31(46)42-24-17-25(28(47-2)18-27(24)44-12-7-21(8-13-44)43-14-10-38-11-15-43)41-29-19-30(40-20-39-29)45-26(9-16-48-45)22-5-4-6-23(32(22)34)33(35,36)37/h3-6,17-21,26,38H,1,7-16H2,2H3,(H,42,46)(H,39,40,41). The molecule has 0 aliphatic carbocycles. The van der Waals surface area contributed by atoms with Gasteiger partial charge < -0.3 is 25.6 Å². The largest absolute Gasteiger partial charge is 0.494 e. The van der Waals surface area contributed by atoms with Gasteiger partial charge in [0.2, 0.25) is 5.91 Å². The predicted octanol–water partition coefficient (Wildman–Crippen LogP) is 5.27. The van der Waals surface area contributed by atoms with Gasteiger partial charge in [-0.25, -0.2) is 19.4 Å². The fourth-order valence-corrected chi connectivity index (χ4v) is 6.58. The van der Waals surface area contributed by atoms with Gasteiger partial charge in [0.05, 0.1) is 42.4 Å². The van der Waals surface area contributed by atoms with E-state index in [0.29, 0.717) is 35.1 Å². The summed E-state index contributed by atoms with van der Waals surface area (Å²) in [4.78, 5) is 31.6. The number of nitrogens with one attached hydrogen (secondary N) is 3. The number of carbonyl (C=O) groups is 1. The molecule has 3 aliphatic rings. The molecule has 2 aromatic carbocycles. The first-order chi connectivity index (χ1) is 23.2. The molecule has 3 saturated heterocycles. The van der Waals surface area contributed by atoms with Crippen LogP contribution < -0.4 is 30.7 Å². The summed E-state index contributed by atoms with van der Waals surface area (Å²) >= 11 is 0. The number of hydrogen-bond donors (Lipinski definition) is 3. The van der Waals surface area contributed by atoms with E-state index >= 15 is 4.39 Å². The van der Waals surface area contributed by atoms with Crippen LogP contribution in [0.5, 0.6) is 5.75 Å². The molecule has 3 aliphatic heterocycles. The molecule has 256 valence electrons. The number of piperazine rings is 1. The monoisotopic (exact) mass is 670 g/mol. The SMILES string of the molecule is C=CC(=O)Nc1cc(Nc2cc(N3OCCC3c3cccc(C(F)(F)F)c3F)ncn2)c(OC)cc1N1CCC(N2CCNCC2)CC1. The van der Waals surface area contributed by atoms with E-state index in [9.17, 15) is 18.0 Å². The maximum Gasteiger partial charge on any atom is 0.419 e. The number of anilines is 5. The number of alkyl halides is 3. The third kappa shape index (κ3) is 7.17. The van der Waals surface area contributed by atoms with Crippen molar-refractivity contribution in [2.24, 2.45) is 0 Å². The van der Waals surface area contributed by atoms with Gasteiger partial charge >= 0.3 is 6.18 Å². The lowest BCUT2D eigenvalue weighted by molar-refractivity contribution is -0.140. The van der Waals surface area contributed by atoms with Crippen molar-refractivity contribution in [3.8, 4) is 5.75 Å². The van der Waals surface area contributed by atoms with Crippen LogP contribution in [0.15, 0.2) is 55.4 Å². The number of piperidine rings is 1. The Balaban J connectivity index is 1.25. The summed E-state index contributed by atoms with van der Waals surface area (Å²) in [6, 6.07) is 8.03. The Hall–Kier alpha value is -4.47. The molecule has 4 heterocycles. The molecular formula is C33H38F4N8O3. The van der Waals surface area contributed by atoms with E-state index in [1.54, 1.807) is 19.2 Å². The molecule has 1 unspecified atom stereocenters. The van der Waals surface area contributed by atoms with E-state index in [1.165, 1.54) is 29.6 Å². The van der Waals surface area contributed by atoms with Crippen LogP contribution in [0, 0.1) is 5.82 Å². The minimum atomic E-state index is -4.84. The maximum absolute atomic E-state index is 15.1. The third-order valence-electron chi connectivity index (χ3n) is 8.97. The van der Waals surface area contributed by atoms with Crippen molar-refractivity contribution in [1.29, 1.82) is 0 Å². The highest BCUT2D eigenvalue weighted by molar-refractivity contribution is 6.02. The first-order valence-corrected chi connectivity index (χ1v) is 15.9. The van der Waals surface area contributed by atoms with Crippen LogP contribution in [0.4, 0.5) is 46.3 Å². The zero-order valence-electron chi connectivity index (χ0n) is 26.5. The van der Waals surface area contributed by atoms with E-state index in [2.05, 4.69) is 42.3 Å². The normalized spacial score (nSPS) is 19.3. The molecule has 3 aromatic rings. The average Bonchev–Trinajstić information content (AvgIpc) is 3.58. The second-order valence-corrected chi connectivity index (χ2v) is 11.8. The van der Waals surface area contributed by atoms with Crippen molar-refractivity contribution in [2.75, 3.05) is 73.6 Å². The number of rotatable bonds is 9. The highest BCUT2D eigenvalue weighted by Crippen LogP contribution is 2.42.